The lowest BCUT2D eigenvalue weighted by Gasteiger charge is -1.80. The van der Waals surface area contributed by atoms with Gasteiger partial charge in [-0.1, -0.05) is 0 Å². The Kier molecular flexibility index (Phi) is 3.47. The van der Waals surface area contributed by atoms with Crippen molar-refractivity contribution in [2.45, 2.75) is 0 Å². The van der Waals surface area contributed by atoms with Gasteiger partial charge in [0, 0.05) is 0 Å². The van der Waals surface area contributed by atoms with Crippen LogP contribution in [0.5, 0.6) is 0 Å². The number of nitrogens with zero attached hydrogens (tertiary/aromatic N) is 1. The van der Waals surface area contributed by atoms with Gasteiger partial charge in [0.25, 0.3) is 0 Å². The molecule has 0 aliphatic rings. The van der Waals surface area contributed by atoms with Crippen molar-refractivity contribution in [3.05, 3.63) is 6.20 Å². The molecule has 7 N–H and O–H groups in total. The summed E-state index contributed by atoms with van der Waals surface area (Å²) in [7, 11) is -4.67. The van der Waals surface area contributed by atoms with E-state index in [-0.39, 0.29) is 0 Å². The normalized spacial score (nSPS) is 10.2. The maximum atomic E-state index is 8.74. The van der Waals surface area contributed by atoms with Crippen molar-refractivity contribution < 1.29 is 17.5 Å². The minimum atomic E-state index is -4.67. The molecule has 0 atom stereocenters. The molecular weight excluding hydrogens is 188 g/mol. The summed E-state index contributed by atoms with van der Waals surface area (Å²) in [5.74, 6) is 0.431. The molecule has 1 aromatic heterocycles. The Bertz CT molecular complexity index is 305. The van der Waals surface area contributed by atoms with Gasteiger partial charge in [-0.05, 0) is 0 Å². The minimum Gasteiger partial charge on any atom is -0.394 e. The smallest absolute Gasteiger partial charge is 0.394 e. The van der Waals surface area contributed by atoms with Crippen LogP contribution in [0.1, 0.15) is 0 Å². The monoisotopic (exact) mass is 196 g/mol. The quantitative estimate of drug-likeness (QED) is 0.330. The molecule has 0 aliphatic heterocycles. The van der Waals surface area contributed by atoms with E-state index in [1.165, 1.54) is 6.20 Å². The van der Waals surface area contributed by atoms with Crippen LogP contribution < -0.4 is 11.5 Å². The summed E-state index contributed by atoms with van der Waals surface area (Å²) in [5.41, 5.74) is 10.9. The van der Waals surface area contributed by atoms with Crippen LogP contribution in [0.3, 0.4) is 0 Å². The number of H-pyrrole nitrogens is 1. The third-order valence-electron chi connectivity index (χ3n) is 0.700. The molecular formula is C3H8N4O4S. The molecule has 0 saturated heterocycles. The first kappa shape index (κ1) is 10.7. The highest BCUT2D eigenvalue weighted by atomic mass is 32.3. The van der Waals surface area contributed by atoms with Crippen molar-refractivity contribution in [3.63, 3.8) is 0 Å². The van der Waals surface area contributed by atoms with E-state index in [2.05, 4.69) is 10.2 Å². The molecule has 1 aromatic rings. The molecule has 0 unspecified atom stereocenters. The van der Waals surface area contributed by atoms with Crippen molar-refractivity contribution in [2.24, 2.45) is 0 Å². The van der Waals surface area contributed by atoms with E-state index in [4.69, 9.17) is 29.0 Å². The highest BCUT2D eigenvalue weighted by molar-refractivity contribution is 7.79. The first-order valence-corrected chi connectivity index (χ1v) is 3.94. The number of aromatic nitrogens is 2. The number of hydrogen-bond donors (Lipinski definition) is 5. The Hall–Kier alpha value is -1.32. The molecule has 0 amide bonds. The van der Waals surface area contributed by atoms with Crippen LogP contribution in [0, 0.1) is 0 Å². The summed E-state index contributed by atoms with van der Waals surface area (Å²) in [4.78, 5) is 0. The summed E-state index contributed by atoms with van der Waals surface area (Å²) in [6.07, 6.45) is 1.47. The van der Waals surface area contributed by atoms with Crippen molar-refractivity contribution in [3.8, 4) is 0 Å². The summed E-state index contributed by atoms with van der Waals surface area (Å²) in [6.45, 7) is 0. The molecule has 1 heterocycles. The Morgan fingerprint density at radius 2 is 1.83 bits per heavy atom. The van der Waals surface area contributed by atoms with Gasteiger partial charge in [-0.15, -0.1) is 0 Å². The van der Waals surface area contributed by atoms with Gasteiger partial charge in [-0.25, -0.2) is 0 Å². The summed E-state index contributed by atoms with van der Waals surface area (Å²) < 4.78 is 31.6. The average Bonchev–Trinajstić information content (AvgIpc) is 2.12. The van der Waals surface area contributed by atoms with Crippen molar-refractivity contribution >= 4 is 21.9 Å². The van der Waals surface area contributed by atoms with Crippen LogP contribution in [0.2, 0.25) is 0 Å². The molecule has 8 nitrogen and oxygen atoms in total. The highest BCUT2D eigenvalue weighted by Crippen LogP contribution is 2.04. The molecule has 0 aromatic carbocycles. The topological polar surface area (TPSA) is 155 Å². The zero-order chi connectivity index (χ0) is 9.78. The largest absolute Gasteiger partial charge is 0.394 e. The first-order valence-electron chi connectivity index (χ1n) is 2.55. The number of rotatable bonds is 0. The summed E-state index contributed by atoms with van der Waals surface area (Å²) >= 11 is 0. The maximum absolute atomic E-state index is 8.74. The minimum absolute atomic E-state index is 0.431. The van der Waals surface area contributed by atoms with Crippen LogP contribution in [0.25, 0.3) is 0 Å². The lowest BCUT2D eigenvalue weighted by Crippen LogP contribution is -1.89. The first-order chi connectivity index (χ1) is 5.30. The van der Waals surface area contributed by atoms with E-state index >= 15 is 0 Å². The number of anilines is 2. The van der Waals surface area contributed by atoms with Crippen LogP contribution in [0.15, 0.2) is 6.20 Å². The summed E-state index contributed by atoms with van der Waals surface area (Å²) in [5, 5.41) is 6.02. The van der Waals surface area contributed by atoms with Crippen molar-refractivity contribution in [2.75, 3.05) is 11.5 Å². The standard InChI is InChI=1S/C3H6N4.H2O4S/c4-2-1-6-7-3(2)5;1-5(2,3)4/h1H,4H2,(H3,5,6,7);(H2,1,2,3,4). The Balaban J connectivity index is 0.000000217. The van der Waals surface area contributed by atoms with Crippen molar-refractivity contribution in [1.82, 2.24) is 10.2 Å². The van der Waals surface area contributed by atoms with Gasteiger partial charge in [0.15, 0.2) is 0 Å². The van der Waals surface area contributed by atoms with E-state index in [1.807, 2.05) is 0 Å². The Morgan fingerprint density at radius 1 is 1.42 bits per heavy atom. The van der Waals surface area contributed by atoms with Gasteiger partial charge in [-0.2, -0.15) is 13.5 Å². The van der Waals surface area contributed by atoms with Crippen LogP contribution in [0.4, 0.5) is 11.5 Å². The third kappa shape index (κ3) is 6.80. The SMILES string of the molecule is Nc1cn[nH]c1N.O=S(=O)(O)O. The van der Waals surface area contributed by atoms with Crippen molar-refractivity contribution in [1.29, 1.82) is 0 Å². The fourth-order valence-corrected chi connectivity index (χ4v) is 0.305. The molecule has 0 saturated carbocycles. The van der Waals surface area contributed by atoms with E-state index in [0.29, 0.717) is 11.5 Å². The van der Waals surface area contributed by atoms with Gasteiger partial charge >= 0.3 is 10.4 Å². The fourth-order valence-electron chi connectivity index (χ4n) is 0.305. The number of aromatic amines is 1. The zero-order valence-corrected chi connectivity index (χ0v) is 6.61. The lowest BCUT2D eigenvalue weighted by molar-refractivity contribution is 0.381. The Labute approximate surface area is 68.1 Å². The van der Waals surface area contributed by atoms with E-state index in [9.17, 15) is 0 Å². The second-order valence-electron chi connectivity index (χ2n) is 1.69. The van der Waals surface area contributed by atoms with Gasteiger partial charge < -0.3 is 11.5 Å². The predicted molar refractivity (Wildman–Crippen MR) is 41.6 cm³/mol. The fraction of sp³-hybridized carbons (Fsp3) is 0. The van der Waals surface area contributed by atoms with Crippen LogP contribution in [-0.2, 0) is 10.4 Å². The molecule has 70 valence electrons. The van der Waals surface area contributed by atoms with Gasteiger partial charge in [-0.3, -0.25) is 14.2 Å². The van der Waals surface area contributed by atoms with Gasteiger partial charge in [0.05, 0.1) is 11.9 Å². The Morgan fingerprint density at radius 3 is 1.92 bits per heavy atom. The molecule has 9 heteroatoms. The van der Waals surface area contributed by atoms with Crippen LogP contribution >= 0.6 is 0 Å². The molecule has 0 bridgehead atoms. The lowest BCUT2D eigenvalue weighted by atomic mass is 10.6. The predicted octanol–water partition coefficient (Wildman–Crippen LogP) is -1.08. The molecule has 0 fully saturated rings. The number of nitrogens with one attached hydrogen (secondary N) is 1. The van der Waals surface area contributed by atoms with Crippen LogP contribution in [-0.4, -0.2) is 27.7 Å². The highest BCUT2D eigenvalue weighted by Gasteiger charge is 1.89. The van der Waals surface area contributed by atoms with Gasteiger partial charge in [0.2, 0.25) is 0 Å². The average molecular weight is 196 g/mol. The van der Waals surface area contributed by atoms with Gasteiger partial charge in [0.1, 0.15) is 5.82 Å². The molecule has 0 aliphatic carbocycles. The maximum Gasteiger partial charge on any atom is 0.394 e. The second-order valence-corrected chi connectivity index (χ2v) is 2.58. The number of hydrogen-bond acceptors (Lipinski definition) is 5. The number of nitrogens with two attached hydrogens (primary N) is 2. The number of nitrogen functional groups attached to an aromatic ring is 2. The second kappa shape index (κ2) is 3.90. The molecule has 0 spiro atoms. The van der Waals surface area contributed by atoms with E-state index < -0.39 is 10.4 Å². The zero-order valence-electron chi connectivity index (χ0n) is 5.80. The molecule has 12 heavy (non-hydrogen) atoms. The van der Waals surface area contributed by atoms with E-state index in [1.54, 1.807) is 0 Å². The van der Waals surface area contributed by atoms with E-state index in [0.717, 1.165) is 0 Å². The molecule has 0 radical (unpaired) electrons. The molecule has 1 rings (SSSR count). The summed E-state index contributed by atoms with van der Waals surface area (Å²) in [6, 6.07) is 0. The third-order valence-corrected chi connectivity index (χ3v) is 0.700.